The van der Waals surface area contributed by atoms with Gasteiger partial charge in [-0.3, -0.25) is 14.4 Å². The summed E-state index contributed by atoms with van der Waals surface area (Å²) in [6.45, 7) is 1.34. The molecule has 1 N–H and O–H groups in total. The number of carbonyl (C=O) groups excluding carboxylic acids is 3. The van der Waals surface area contributed by atoms with Gasteiger partial charge in [0.1, 0.15) is 17.8 Å². The van der Waals surface area contributed by atoms with Crippen molar-refractivity contribution in [3.8, 4) is 5.75 Å². The first-order valence-corrected chi connectivity index (χ1v) is 11.9. The summed E-state index contributed by atoms with van der Waals surface area (Å²) < 4.78 is 5.63. The molecule has 0 atom stereocenters. The zero-order chi connectivity index (χ0) is 23.5. The van der Waals surface area contributed by atoms with Crippen LogP contribution in [0.3, 0.4) is 0 Å². The van der Waals surface area contributed by atoms with Crippen molar-refractivity contribution < 1.29 is 19.1 Å². The number of rotatable bonds is 7. The van der Waals surface area contributed by atoms with Gasteiger partial charge in [-0.15, -0.1) is 0 Å². The van der Waals surface area contributed by atoms with E-state index >= 15 is 0 Å². The molecule has 0 unspecified atom stereocenters. The Kier molecular flexibility index (Phi) is 6.13. The third-order valence-electron chi connectivity index (χ3n) is 6.91. The maximum absolute atomic E-state index is 13.7. The highest BCUT2D eigenvalue weighted by Gasteiger charge is 2.54. The molecule has 3 amide bonds. The molecular formula is C26H30N4O4. The van der Waals surface area contributed by atoms with Crippen molar-refractivity contribution in [1.29, 1.82) is 0 Å². The minimum Gasteiger partial charge on any atom is -0.484 e. The number of ether oxygens (including phenoxy) is 1. The highest BCUT2D eigenvalue weighted by atomic mass is 16.5. The summed E-state index contributed by atoms with van der Waals surface area (Å²) in [5.74, 6) is 0.434. The molecule has 0 radical (unpaired) electrons. The number of hydrogen-bond acceptors (Lipinski definition) is 5. The molecule has 3 fully saturated rings. The van der Waals surface area contributed by atoms with Crippen LogP contribution in [-0.2, 0) is 14.4 Å². The van der Waals surface area contributed by atoms with Gasteiger partial charge in [0.15, 0.2) is 6.61 Å². The second kappa shape index (κ2) is 9.37. The molecule has 8 nitrogen and oxygen atoms in total. The van der Waals surface area contributed by atoms with Crippen LogP contribution >= 0.6 is 0 Å². The average Bonchev–Trinajstić information content (AvgIpc) is 3.65. The summed E-state index contributed by atoms with van der Waals surface area (Å²) in [5.41, 5.74) is 0.200. The van der Waals surface area contributed by atoms with Crippen LogP contribution in [0.25, 0.3) is 0 Å². The van der Waals surface area contributed by atoms with E-state index < -0.39 is 5.54 Å². The first kappa shape index (κ1) is 22.3. The SMILES string of the molecule is O=C(CN1CN(c2ccccc2)C2(CCN(C(=O)COc3ccccc3)CC2)C1=O)NC1CC1. The fourth-order valence-corrected chi connectivity index (χ4v) is 4.88. The minimum atomic E-state index is -0.752. The third-order valence-corrected chi connectivity index (χ3v) is 6.91. The van der Waals surface area contributed by atoms with Crippen LogP contribution < -0.4 is 15.0 Å². The first-order chi connectivity index (χ1) is 16.5. The number of benzene rings is 2. The van der Waals surface area contributed by atoms with Crippen LogP contribution in [0.5, 0.6) is 5.75 Å². The topological polar surface area (TPSA) is 82.2 Å². The lowest BCUT2D eigenvalue weighted by molar-refractivity contribution is -0.140. The van der Waals surface area contributed by atoms with Crippen molar-refractivity contribution in [2.24, 2.45) is 0 Å². The smallest absolute Gasteiger partial charge is 0.260 e. The molecule has 3 aliphatic rings. The van der Waals surface area contributed by atoms with Crippen LogP contribution in [0.1, 0.15) is 25.7 Å². The van der Waals surface area contributed by atoms with E-state index in [4.69, 9.17) is 4.74 Å². The minimum absolute atomic E-state index is 0.0270. The van der Waals surface area contributed by atoms with Gasteiger partial charge < -0.3 is 24.8 Å². The van der Waals surface area contributed by atoms with E-state index in [1.165, 1.54) is 0 Å². The molecule has 34 heavy (non-hydrogen) atoms. The number of anilines is 1. The Balaban J connectivity index is 1.27. The summed E-state index contributed by atoms with van der Waals surface area (Å²) >= 11 is 0. The normalized spacial score (nSPS) is 19.4. The second-order valence-corrected chi connectivity index (χ2v) is 9.26. The molecule has 5 rings (SSSR count). The molecule has 2 aromatic carbocycles. The second-order valence-electron chi connectivity index (χ2n) is 9.26. The molecule has 2 heterocycles. The van der Waals surface area contributed by atoms with Crippen LogP contribution in [0.15, 0.2) is 60.7 Å². The highest BCUT2D eigenvalue weighted by Crippen LogP contribution is 2.39. The number of hydrogen-bond donors (Lipinski definition) is 1. The fourth-order valence-electron chi connectivity index (χ4n) is 4.88. The van der Waals surface area contributed by atoms with Gasteiger partial charge in [-0.25, -0.2) is 0 Å². The summed E-state index contributed by atoms with van der Waals surface area (Å²) in [7, 11) is 0. The maximum Gasteiger partial charge on any atom is 0.260 e. The van der Waals surface area contributed by atoms with Gasteiger partial charge in [0.2, 0.25) is 5.91 Å². The molecule has 1 saturated carbocycles. The fraction of sp³-hybridized carbons (Fsp3) is 0.423. The van der Waals surface area contributed by atoms with Gasteiger partial charge in [-0.1, -0.05) is 36.4 Å². The van der Waals surface area contributed by atoms with Crippen LogP contribution in [0.2, 0.25) is 0 Å². The number of nitrogens with zero attached hydrogens (tertiary/aromatic N) is 3. The first-order valence-electron chi connectivity index (χ1n) is 11.9. The predicted octanol–water partition coefficient (Wildman–Crippen LogP) is 2.01. The maximum atomic E-state index is 13.7. The quantitative estimate of drug-likeness (QED) is 0.681. The van der Waals surface area contributed by atoms with Crippen molar-refractivity contribution in [2.45, 2.75) is 37.3 Å². The monoisotopic (exact) mass is 462 g/mol. The van der Waals surface area contributed by atoms with Crippen LogP contribution in [0, 0.1) is 0 Å². The summed E-state index contributed by atoms with van der Waals surface area (Å²) in [6.07, 6.45) is 3.05. The lowest BCUT2D eigenvalue weighted by Crippen LogP contribution is -2.58. The van der Waals surface area contributed by atoms with E-state index in [2.05, 4.69) is 10.2 Å². The standard InChI is InChI=1S/C26H30N4O4/c31-23(27-20-11-12-20)17-29-19-30(21-7-3-1-4-8-21)26(25(29)33)13-15-28(16-14-26)24(32)18-34-22-9-5-2-6-10-22/h1-10,20H,11-19H2,(H,27,31). The van der Waals surface area contributed by atoms with E-state index in [0.717, 1.165) is 18.5 Å². The van der Waals surface area contributed by atoms with Crippen LogP contribution in [0.4, 0.5) is 5.69 Å². The summed E-state index contributed by atoms with van der Waals surface area (Å²) in [6, 6.07) is 19.4. The number of likely N-dealkylation sites (tertiary alicyclic amines) is 1. The molecule has 0 aromatic heterocycles. The number of nitrogens with one attached hydrogen (secondary N) is 1. The molecule has 8 heteroatoms. The van der Waals surface area contributed by atoms with Crippen molar-refractivity contribution >= 4 is 23.4 Å². The van der Waals surface area contributed by atoms with Gasteiger partial charge in [0, 0.05) is 24.8 Å². The van der Waals surface area contributed by atoms with E-state index in [0.29, 0.717) is 38.3 Å². The molecule has 1 aliphatic carbocycles. The van der Waals surface area contributed by atoms with E-state index in [1.54, 1.807) is 9.80 Å². The lowest BCUT2D eigenvalue weighted by Gasteiger charge is -2.43. The number of para-hydroxylation sites is 2. The molecule has 2 saturated heterocycles. The zero-order valence-corrected chi connectivity index (χ0v) is 19.2. The molecule has 2 aromatic rings. The Morgan fingerprint density at radius 1 is 0.971 bits per heavy atom. The van der Waals surface area contributed by atoms with E-state index in [9.17, 15) is 14.4 Å². The van der Waals surface area contributed by atoms with Crippen molar-refractivity contribution in [3.05, 3.63) is 60.7 Å². The molecule has 1 spiro atoms. The number of piperidine rings is 1. The van der Waals surface area contributed by atoms with E-state index in [1.807, 2.05) is 60.7 Å². The largest absolute Gasteiger partial charge is 0.484 e. The van der Waals surface area contributed by atoms with Gasteiger partial charge in [0.05, 0.1) is 6.67 Å². The summed E-state index contributed by atoms with van der Waals surface area (Å²) in [5, 5.41) is 2.98. The van der Waals surface area contributed by atoms with Gasteiger partial charge in [-0.05, 0) is 49.9 Å². The Hall–Kier alpha value is -3.55. The van der Waals surface area contributed by atoms with Crippen molar-refractivity contribution in [1.82, 2.24) is 15.1 Å². The van der Waals surface area contributed by atoms with Crippen molar-refractivity contribution in [3.63, 3.8) is 0 Å². The van der Waals surface area contributed by atoms with E-state index in [-0.39, 0.29) is 36.9 Å². The van der Waals surface area contributed by atoms with Crippen LogP contribution in [-0.4, -0.2) is 72.0 Å². The Labute approximate surface area is 199 Å². The molecule has 178 valence electrons. The number of carbonyl (C=O) groups is 3. The predicted molar refractivity (Wildman–Crippen MR) is 127 cm³/mol. The lowest BCUT2D eigenvalue weighted by atomic mass is 9.85. The van der Waals surface area contributed by atoms with Gasteiger partial charge >= 0.3 is 0 Å². The van der Waals surface area contributed by atoms with Gasteiger partial charge in [-0.2, -0.15) is 0 Å². The third kappa shape index (κ3) is 4.58. The average molecular weight is 463 g/mol. The molecule has 2 aliphatic heterocycles. The highest BCUT2D eigenvalue weighted by molar-refractivity contribution is 5.96. The Bertz CT molecular complexity index is 1030. The number of amides is 3. The van der Waals surface area contributed by atoms with Gasteiger partial charge in [0.25, 0.3) is 11.8 Å². The molecular weight excluding hydrogens is 432 g/mol. The Morgan fingerprint density at radius 3 is 2.26 bits per heavy atom. The summed E-state index contributed by atoms with van der Waals surface area (Å²) in [4.78, 5) is 44.4. The zero-order valence-electron chi connectivity index (χ0n) is 19.2. The molecule has 0 bridgehead atoms. The van der Waals surface area contributed by atoms with Crippen molar-refractivity contribution in [2.75, 3.05) is 37.8 Å². The Morgan fingerprint density at radius 2 is 1.62 bits per heavy atom.